The van der Waals surface area contributed by atoms with E-state index in [1.54, 1.807) is 6.92 Å². The van der Waals surface area contributed by atoms with Crippen LogP contribution in [-0.2, 0) is 4.79 Å². The lowest BCUT2D eigenvalue weighted by molar-refractivity contribution is -0.116. The van der Waals surface area contributed by atoms with Crippen molar-refractivity contribution in [2.24, 2.45) is 0 Å². The maximum Gasteiger partial charge on any atom is 0.130 e. The number of carbonyl (C=O) groups excluding carboxylic acids is 1. The van der Waals surface area contributed by atoms with E-state index in [4.69, 9.17) is 5.11 Å². The molecule has 0 fully saturated rings. The summed E-state index contributed by atoms with van der Waals surface area (Å²) < 4.78 is 0. The molecule has 0 aromatic carbocycles. The lowest BCUT2D eigenvalue weighted by Gasteiger charge is -1.92. The van der Waals surface area contributed by atoms with Crippen LogP contribution in [0.5, 0.6) is 0 Å². The number of allylic oxidation sites excluding steroid dienone is 1. The maximum absolute atomic E-state index is 10.4. The second-order valence-corrected chi connectivity index (χ2v) is 2.45. The van der Waals surface area contributed by atoms with Crippen LogP contribution in [0.3, 0.4) is 0 Å². The van der Waals surface area contributed by atoms with Gasteiger partial charge in [0.05, 0.1) is 6.61 Å². The van der Waals surface area contributed by atoms with Crippen LogP contribution in [-0.4, -0.2) is 17.5 Å². The van der Waals surface area contributed by atoms with E-state index in [2.05, 4.69) is 0 Å². The summed E-state index contributed by atoms with van der Waals surface area (Å²) in [6.07, 6.45) is 3.22. The average molecular weight is 142 g/mol. The maximum atomic E-state index is 10.4. The number of aliphatic hydroxyl groups is 1. The molecule has 2 heteroatoms. The third-order valence-electron chi connectivity index (χ3n) is 1.24. The van der Waals surface area contributed by atoms with E-state index in [-0.39, 0.29) is 12.4 Å². The molecule has 0 atom stereocenters. The van der Waals surface area contributed by atoms with Crippen LogP contribution in [0.2, 0.25) is 0 Å². The molecule has 1 N–H and O–H groups in total. The molecule has 0 amide bonds. The standard InChI is InChI=1S/C8H14O2/c1-7(6-9)4-3-5-8(2)10/h4,9H,3,5-6H2,1-2H3/b7-4+. The highest BCUT2D eigenvalue weighted by Crippen LogP contribution is 1.97. The molecular formula is C8H14O2. The van der Waals surface area contributed by atoms with Crippen LogP contribution in [0.4, 0.5) is 0 Å². The second kappa shape index (κ2) is 5.18. The van der Waals surface area contributed by atoms with Gasteiger partial charge >= 0.3 is 0 Å². The van der Waals surface area contributed by atoms with Gasteiger partial charge in [0.15, 0.2) is 0 Å². The molecule has 0 spiro atoms. The lowest BCUT2D eigenvalue weighted by Crippen LogP contribution is -1.89. The first-order chi connectivity index (χ1) is 4.66. The third-order valence-corrected chi connectivity index (χ3v) is 1.24. The quantitative estimate of drug-likeness (QED) is 0.600. The van der Waals surface area contributed by atoms with Gasteiger partial charge in [-0.25, -0.2) is 0 Å². The highest BCUT2D eigenvalue weighted by molar-refractivity contribution is 5.75. The van der Waals surface area contributed by atoms with Gasteiger partial charge in [-0.3, -0.25) is 0 Å². The monoisotopic (exact) mass is 142 g/mol. The first-order valence-electron chi connectivity index (χ1n) is 3.42. The van der Waals surface area contributed by atoms with Crippen molar-refractivity contribution in [3.8, 4) is 0 Å². The molecule has 10 heavy (non-hydrogen) atoms. The van der Waals surface area contributed by atoms with Gasteiger partial charge in [0, 0.05) is 6.42 Å². The van der Waals surface area contributed by atoms with Gasteiger partial charge in [-0.1, -0.05) is 11.6 Å². The average Bonchev–Trinajstić information content (AvgIpc) is 1.87. The van der Waals surface area contributed by atoms with Crippen LogP contribution < -0.4 is 0 Å². The molecule has 0 aliphatic heterocycles. The van der Waals surface area contributed by atoms with Crippen LogP contribution >= 0.6 is 0 Å². The van der Waals surface area contributed by atoms with E-state index in [1.165, 1.54) is 0 Å². The van der Waals surface area contributed by atoms with Crippen molar-refractivity contribution in [1.29, 1.82) is 0 Å². The van der Waals surface area contributed by atoms with Gasteiger partial charge < -0.3 is 9.90 Å². The second-order valence-electron chi connectivity index (χ2n) is 2.45. The number of ketones is 1. The van der Waals surface area contributed by atoms with Crippen molar-refractivity contribution >= 4 is 5.78 Å². The van der Waals surface area contributed by atoms with Crippen LogP contribution in [0, 0.1) is 0 Å². The summed E-state index contributed by atoms with van der Waals surface area (Å²) in [5, 5.41) is 8.55. The SMILES string of the molecule is CC(=O)CC/C=C(\C)CO. The van der Waals surface area contributed by atoms with E-state index in [0.29, 0.717) is 6.42 Å². The number of rotatable bonds is 4. The third kappa shape index (κ3) is 5.51. The van der Waals surface area contributed by atoms with Gasteiger partial charge in [0.25, 0.3) is 0 Å². The Bertz CT molecular complexity index is 136. The van der Waals surface area contributed by atoms with Crippen molar-refractivity contribution in [1.82, 2.24) is 0 Å². The van der Waals surface area contributed by atoms with Crippen molar-refractivity contribution in [2.75, 3.05) is 6.61 Å². The Morgan fingerprint density at radius 3 is 2.50 bits per heavy atom. The highest BCUT2D eigenvalue weighted by Gasteiger charge is 1.90. The minimum Gasteiger partial charge on any atom is -0.392 e. The molecule has 2 nitrogen and oxygen atoms in total. The molecule has 58 valence electrons. The van der Waals surface area contributed by atoms with E-state index in [0.717, 1.165) is 12.0 Å². The fraction of sp³-hybridized carbons (Fsp3) is 0.625. The smallest absolute Gasteiger partial charge is 0.130 e. The Balaban J connectivity index is 3.43. The normalized spacial score (nSPS) is 11.7. The molecule has 0 aromatic heterocycles. The van der Waals surface area contributed by atoms with Gasteiger partial charge in [0.2, 0.25) is 0 Å². The van der Waals surface area contributed by atoms with E-state index < -0.39 is 0 Å². The fourth-order valence-electron chi connectivity index (χ4n) is 0.586. The number of hydrogen-bond acceptors (Lipinski definition) is 2. The largest absolute Gasteiger partial charge is 0.392 e. The van der Waals surface area contributed by atoms with Gasteiger partial charge in [-0.2, -0.15) is 0 Å². The first-order valence-corrected chi connectivity index (χ1v) is 3.42. The zero-order valence-corrected chi connectivity index (χ0v) is 6.55. The number of Topliss-reactive ketones (excluding diaryl/α,β-unsaturated/α-hetero) is 1. The fourth-order valence-corrected chi connectivity index (χ4v) is 0.586. The number of carbonyl (C=O) groups is 1. The molecule has 0 aliphatic rings. The van der Waals surface area contributed by atoms with Crippen LogP contribution in [0.15, 0.2) is 11.6 Å². The van der Waals surface area contributed by atoms with E-state index in [1.807, 2.05) is 13.0 Å². The molecule has 0 unspecified atom stereocenters. The Morgan fingerprint density at radius 2 is 2.10 bits per heavy atom. The van der Waals surface area contributed by atoms with Crippen LogP contribution in [0.25, 0.3) is 0 Å². The molecule has 0 aromatic rings. The van der Waals surface area contributed by atoms with E-state index >= 15 is 0 Å². The van der Waals surface area contributed by atoms with Crippen LogP contribution in [0.1, 0.15) is 26.7 Å². The molecule has 0 saturated heterocycles. The number of aliphatic hydroxyl groups excluding tert-OH is 1. The van der Waals surface area contributed by atoms with Crippen molar-refractivity contribution in [3.63, 3.8) is 0 Å². The summed E-state index contributed by atoms with van der Waals surface area (Å²) in [4.78, 5) is 10.4. The van der Waals surface area contributed by atoms with Crippen molar-refractivity contribution in [2.45, 2.75) is 26.7 Å². The van der Waals surface area contributed by atoms with Crippen molar-refractivity contribution in [3.05, 3.63) is 11.6 Å². The predicted molar refractivity (Wildman–Crippen MR) is 40.8 cm³/mol. The minimum absolute atomic E-state index is 0.0951. The Labute approximate surface area is 61.6 Å². The zero-order valence-electron chi connectivity index (χ0n) is 6.55. The Morgan fingerprint density at radius 1 is 1.50 bits per heavy atom. The number of hydrogen-bond donors (Lipinski definition) is 1. The molecule has 0 radical (unpaired) electrons. The van der Waals surface area contributed by atoms with Gasteiger partial charge in [-0.15, -0.1) is 0 Å². The van der Waals surface area contributed by atoms with Gasteiger partial charge in [-0.05, 0) is 20.3 Å². The summed E-state index contributed by atoms with van der Waals surface area (Å²) in [5.74, 6) is 0.196. The highest BCUT2D eigenvalue weighted by atomic mass is 16.3. The molecule has 0 heterocycles. The molecule has 0 bridgehead atoms. The summed E-state index contributed by atoms with van der Waals surface area (Å²) in [6, 6.07) is 0. The summed E-state index contributed by atoms with van der Waals surface area (Å²) in [5.41, 5.74) is 0.932. The van der Waals surface area contributed by atoms with Gasteiger partial charge in [0.1, 0.15) is 5.78 Å². The Kier molecular flexibility index (Phi) is 4.85. The molecule has 0 aliphatic carbocycles. The summed E-state index contributed by atoms with van der Waals surface area (Å²) in [6.45, 7) is 3.51. The summed E-state index contributed by atoms with van der Waals surface area (Å²) in [7, 11) is 0. The Hall–Kier alpha value is -0.630. The lowest BCUT2D eigenvalue weighted by atomic mass is 10.2. The molecule has 0 saturated carbocycles. The first kappa shape index (κ1) is 9.37. The van der Waals surface area contributed by atoms with Crippen molar-refractivity contribution < 1.29 is 9.90 Å². The molecular weight excluding hydrogens is 128 g/mol. The predicted octanol–water partition coefficient (Wildman–Crippen LogP) is 1.29. The topological polar surface area (TPSA) is 37.3 Å². The van der Waals surface area contributed by atoms with E-state index in [9.17, 15) is 4.79 Å². The summed E-state index contributed by atoms with van der Waals surface area (Å²) >= 11 is 0. The zero-order chi connectivity index (χ0) is 7.98. The minimum atomic E-state index is 0.0951. The molecule has 0 rings (SSSR count).